The largest absolute Gasteiger partial charge is 0.390 e. The Morgan fingerprint density at radius 1 is 1.32 bits per heavy atom. The van der Waals surface area contributed by atoms with Gasteiger partial charge in [0.05, 0.1) is 13.0 Å². The molecule has 2 heterocycles. The summed E-state index contributed by atoms with van der Waals surface area (Å²) in [6, 6.07) is 0. The highest BCUT2D eigenvalue weighted by Crippen LogP contribution is 2.19. The highest BCUT2D eigenvalue weighted by Gasteiger charge is 2.27. The van der Waals surface area contributed by atoms with Gasteiger partial charge in [0.25, 0.3) is 5.56 Å². The van der Waals surface area contributed by atoms with E-state index >= 15 is 0 Å². The monoisotopic (exact) mass is 360 g/mol. The lowest BCUT2D eigenvalue weighted by molar-refractivity contribution is -0.132. The topological polar surface area (TPSA) is 65.8 Å². The fraction of sp³-hybridized carbons (Fsp3) is 0.667. The van der Waals surface area contributed by atoms with Crippen LogP contribution in [0.3, 0.4) is 0 Å². The minimum absolute atomic E-state index is 0.165. The van der Waals surface area contributed by atoms with E-state index in [0.717, 1.165) is 0 Å². The molecule has 1 N–H and O–H groups in total. The van der Waals surface area contributed by atoms with Crippen LogP contribution in [-0.2, 0) is 7.05 Å². The minimum atomic E-state index is -4.21. The van der Waals surface area contributed by atoms with Crippen LogP contribution < -0.4 is 15.8 Å². The Morgan fingerprint density at radius 3 is 2.60 bits per heavy atom. The zero-order chi connectivity index (χ0) is 18.4. The molecule has 0 bridgehead atoms. The number of halogens is 3. The van der Waals surface area contributed by atoms with E-state index in [2.05, 4.69) is 15.3 Å². The normalized spacial score (nSPS) is 16.3. The van der Waals surface area contributed by atoms with Crippen molar-refractivity contribution in [1.82, 2.24) is 19.8 Å². The van der Waals surface area contributed by atoms with Crippen molar-refractivity contribution in [3.05, 3.63) is 22.7 Å². The Kier molecular flexibility index (Phi) is 6.27. The van der Waals surface area contributed by atoms with E-state index in [0.29, 0.717) is 44.5 Å². The number of guanidine groups is 1. The molecule has 1 aliphatic rings. The molecule has 1 fully saturated rings. The van der Waals surface area contributed by atoms with E-state index in [4.69, 9.17) is 0 Å². The molecular weight excluding hydrogens is 337 g/mol. The molecule has 0 atom stereocenters. The molecule has 7 nitrogen and oxygen atoms in total. The fourth-order valence-corrected chi connectivity index (χ4v) is 2.55. The summed E-state index contributed by atoms with van der Waals surface area (Å²) in [6.45, 7) is 4.35. The van der Waals surface area contributed by atoms with Crippen LogP contribution in [0.4, 0.5) is 19.0 Å². The van der Waals surface area contributed by atoms with E-state index in [9.17, 15) is 18.0 Å². The molecule has 0 saturated carbocycles. The number of piperazine rings is 1. The molecule has 0 unspecified atom stereocenters. The summed E-state index contributed by atoms with van der Waals surface area (Å²) in [4.78, 5) is 24.1. The number of anilines is 1. The molecule has 0 aliphatic carbocycles. The van der Waals surface area contributed by atoms with Gasteiger partial charge in [-0.15, -0.1) is 0 Å². The molecule has 25 heavy (non-hydrogen) atoms. The van der Waals surface area contributed by atoms with Gasteiger partial charge < -0.3 is 19.7 Å². The first-order chi connectivity index (χ1) is 11.8. The van der Waals surface area contributed by atoms with Crippen LogP contribution >= 0.6 is 0 Å². The van der Waals surface area contributed by atoms with Gasteiger partial charge >= 0.3 is 6.18 Å². The molecule has 0 radical (unpaired) electrons. The average Bonchev–Trinajstić information content (AvgIpc) is 2.56. The van der Waals surface area contributed by atoms with Crippen molar-refractivity contribution in [3.63, 3.8) is 0 Å². The van der Waals surface area contributed by atoms with Crippen LogP contribution in [-0.4, -0.2) is 65.9 Å². The van der Waals surface area contributed by atoms with Crippen LogP contribution in [0.25, 0.3) is 0 Å². The zero-order valence-corrected chi connectivity index (χ0v) is 14.4. The fourth-order valence-electron chi connectivity index (χ4n) is 2.55. The van der Waals surface area contributed by atoms with Crippen LogP contribution in [0.5, 0.6) is 0 Å². The van der Waals surface area contributed by atoms with Crippen molar-refractivity contribution in [2.24, 2.45) is 12.0 Å². The number of aromatic nitrogens is 2. The van der Waals surface area contributed by atoms with Gasteiger partial charge in [0.15, 0.2) is 11.8 Å². The van der Waals surface area contributed by atoms with Gasteiger partial charge in [-0.3, -0.25) is 9.79 Å². The molecule has 140 valence electrons. The molecule has 0 spiro atoms. The number of nitrogens with zero attached hydrogens (tertiary/aromatic N) is 5. The second-order valence-electron chi connectivity index (χ2n) is 5.74. The number of aliphatic imine (C=N–C) groups is 1. The molecule has 1 aromatic rings. The standard InChI is InChI=1S/C15H23F3N6O/c1-3-19-14(21-5-4-15(16,17)18)24-10-8-23(9-11-24)12-13(25)22(2)7-6-20-12/h6-7H,3-5,8-11H2,1-2H3,(H,19,21). The lowest BCUT2D eigenvalue weighted by atomic mass is 10.3. The van der Waals surface area contributed by atoms with Crippen molar-refractivity contribution in [3.8, 4) is 0 Å². The van der Waals surface area contributed by atoms with E-state index < -0.39 is 12.6 Å². The number of hydrogen-bond acceptors (Lipinski definition) is 4. The summed E-state index contributed by atoms with van der Waals surface area (Å²) in [5.41, 5.74) is -0.165. The summed E-state index contributed by atoms with van der Waals surface area (Å²) in [7, 11) is 1.67. The second kappa shape index (κ2) is 8.21. The Balaban J connectivity index is 1.99. The van der Waals surface area contributed by atoms with Crippen molar-refractivity contribution < 1.29 is 13.2 Å². The second-order valence-corrected chi connectivity index (χ2v) is 5.74. The summed E-state index contributed by atoms with van der Waals surface area (Å²) in [5, 5.41) is 3.02. The Hall–Kier alpha value is -2.26. The molecule has 10 heteroatoms. The Labute approximate surface area is 144 Å². The highest BCUT2D eigenvalue weighted by atomic mass is 19.4. The molecule has 2 rings (SSSR count). The van der Waals surface area contributed by atoms with Crippen LogP contribution in [0.2, 0.25) is 0 Å². The van der Waals surface area contributed by atoms with Crippen molar-refractivity contribution >= 4 is 11.8 Å². The first kappa shape index (κ1) is 19.1. The maximum absolute atomic E-state index is 12.3. The SMILES string of the molecule is CCNC(=NCCC(F)(F)F)N1CCN(c2nccn(C)c2=O)CC1. The van der Waals surface area contributed by atoms with E-state index in [1.807, 2.05) is 16.7 Å². The van der Waals surface area contributed by atoms with Crippen LogP contribution in [0.15, 0.2) is 22.2 Å². The summed E-state index contributed by atoms with van der Waals surface area (Å²) in [5.74, 6) is 0.865. The number of hydrogen-bond donors (Lipinski definition) is 1. The third-order valence-corrected chi connectivity index (χ3v) is 3.87. The predicted molar refractivity (Wildman–Crippen MR) is 89.9 cm³/mol. The van der Waals surface area contributed by atoms with E-state index in [1.54, 1.807) is 19.4 Å². The summed E-state index contributed by atoms with van der Waals surface area (Å²) >= 11 is 0. The van der Waals surface area contributed by atoms with Crippen molar-refractivity contribution in [2.75, 3.05) is 44.2 Å². The number of alkyl halides is 3. The lowest BCUT2D eigenvalue weighted by Gasteiger charge is -2.36. The van der Waals surface area contributed by atoms with Gasteiger partial charge in [0.1, 0.15) is 0 Å². The van der Waals surface area contributed by atoms with Gasteiger partial charge in [0, 0.05) is 52.2 Å². The lowest BCUT2D eigenvalue weighted by Crippen LogP contribution is -2.53. The molecule has 1 aliphatic heterocycles. The summed E-state index contributed by atoms with van der Waals surface area (Å²) < 4.78 is 38.4. The average molecular weight is 360 g/mol. The van der Waals surface area contributed by atoms with Gasteiger partial charge in [0.2, 0.25) is 0 Å². The number of nitrogens with one attached hydrogen (secondary N) is 1. The van der Waals surface area contributed by atoms with Gasteiger partial charge in [-0.05, 0) is 6.92 Å². The summed E-state index contributed by atoms with van der Waals surface area (Å²) in [6.07, 6.45) is -1.98. The molecule has 1 saturated heterocycles. The third kappa shape index (κ3) is 5.36. The van der Waals surface area contributed by atoms with Crippen LogP contribution in [0, 0.1) is 0 Å². The van der Waals surface area contributed by atoms with Gasteiger partial charge in [-0.2, -0.15) is 13.2 Å². The molecule has 1 aromatic heterocycles. The predicted octanol–water partition coefficient (Wildman–Crippen LogP) is 0.820. The van der Waals surface area contributed by atoms with Crippen molar-refractivity contribution in [2.45, 2.75) is 19.5 Å². The minimum Gasteiger partial charge on any atom is -0.357 e. The molecule has 0 aromatic carbocycles. The van der Waals surface area contributed by atoms with Gasteiger partial charge in [-0.1, -0.05) is 0 Å². The molecular formula is C15H23F3N6O. The highest BCUT2D eigenvalue weighted by molar-refractivity contribution is 5.80. The van der Waals surface area contributed by atoms with Crippen LogP contribution in [0.1, 0.15) is 13.3 Å². The number of rotatable bonds is 4. The maximum atomic E-state index is 12.3. The van der Waals surface area contributed by atoms with E-state index in [1.165, 1.54) is 4.57 Å². The maximum Gasteiger partial charge on any atom is 0.390 e. The van der Waals surface area contributed by atoms with E-state index in [-0.39, 0.29) is 12.1 Å². The smallest absolute Gasteiger partial charge is 0.357 e. The first-order valence-electron chi connectivity index (χ1n) is 8.18. The first-order valence-corrected chi connectivity index (χ1v) is 8.18. The Bertz CT molecular complexity index is 649. The zero-order valence-electron chi connectivity index (χ0n) is 14.4. The van der Waals surface area contributed by atoms with Crippen molar-refractivity contribution in [1.29, 1.82) is 0 Å². The third-order valence-electron chi connectivity index (χ3n) is 3.87. The van der Waals surface area contributed by atoms with Gasteiger partial charge in [-0.25, -0.2) is 4.98 Å². The quantitative estimate of drug-likeness (QED) is 0.636. The molecule has 0 amide bonds. The Morgan fingerprint density at radius 2 is 2.00 bits per heavy atom. The number of aryl methyl sites for hydroxylation is 1.